The number of aromatic nitrogens is 3. The predicted molar refractivity (Wildman–Crippen MR) is 226 cm³/mol. The third-order valence-corrected chi connectivity index (χ3v) is 11.1. The van der Waals surface area contributed by atoms with Gasteiger partial charge in [0.2, 0.25) is 0 Å². The molecule has 0 aliphatic carbocycles. The summed E-state index contributed by atoms with van der Waals surface area (Å²) in [5.74, 6) is 2.78. The molecule has 6 aromatic rings. The molecule has 13 heteroatoms. The average molecular weight is 779 g/mol. The van der Waals surface area contributed by atoms with Crippen molar-refractivity contribution in [1.29, 1.82) is 0 Å². The van der Waals surface area contributed by atoms with Crippen LogP contribution in [0.15, 0.2) is 91.1 Å². The van der Waals surface area contributed by atoms with Crippen LogP contribution in [0, 0.1) is 0 Å². The zero-order chi connectivity index (χ0) is 40.0. The molecule has 0 unspecified atom stereocenters. The molecule has 1 saturated heterocycles. The molecular weight excluding hydrogens is 733 g/mol. The second kappa shape index (κ2) is 15.1. The van der Waals surface area contributed by atoms with Crippen LogP contribution in [0.2, 0.25) is 0 Å². The fourth-order valence-corrected chi connectivity index (χ4v) is 8.05. The van der Waals surface area contributed by atoms with E-state index in [-0.39, 0.29) is 5.91 Å². The lowest BCUT2D eigenvalue weighted by Crippen LogP contribution is -2.36. The summed E-state index contributed by atoms with van der Waals surface area (Å²) in [6, 6.07) is 27.1. The van der Waals surface area contributed by atoms with Crippen LogP contribution in [0.25, 0.3) is 22.3 Å². The minimum Gasteiger partial charge on any atom is -0.456 e. The number of aromatic amines is 1. The van der Waals surface area contributed by atoms with Crippen LogP contribution in [0.3, 0.4) is 0 Å². The van der Waals surface area contributed by atoms with Crippen molar-refractivity contribution in [3.05, 3.63) is 119 Å². The quantitative estimate of drug-likeness (QED) is 0.0949. The van der Waals surface area contributed by atoms with Gasteiger partial charge in [0.15, 0.2) is 11.4 Å². The Hall–Kier alpha value is -6.60. The Bertz CT molecular complexity index is 2490. The molecule has 1 amide bonds. The van der Waals surface area contributed by atoms with Crippen LogP contribution < -0.4 is 30.1 Å². The minimum absolute atomic E-state index is 0.224. The SMILES string of the molecule is CN(C)c1ccc2c(c1)Oc1cc(N(C)C)ccc1C21OC(=O)c2ccc(C(=O)NCCCCNc3cc(N4CCOCC4)nc(-c4cccc5[nH]ccc45)n3)cc21. The molecule has 9 rings (SSSR count). The van der Waals surface area contributed by atoms with E-state index >= 15 is 0 Å². The summed E-state index contributed by atoms with van der Waals surface area (Å²) >= 11 is 0. The summed E-state index contributed by atoms with van der Waals surface area (Å²) in [4.78, 5) is 46.7. The number of fused-ring (bicyclic) bond motifs is 7. The number of carbonyl (C=O) groups excluding carboxylic acids is 2. The van der Waals surface area contributed by atoms with Crippen molar-refractivity contribution in [1.82, 2.24) is 20.3 Å². The maximum Gasteiger partial charge on any atom is 0.340 e. The fraction of sp³-hybridized carbons (Fsp3) is 0.289. The van der Waals surface area contributed by atoms with E-state index in [9.17, 15) is 9.59 Å². The topological polar surface area (TPSA) is 137 Å². The maximum absolute atomic E-state index is 13.7. The highest BCUT2D eigenvalue weighted by molar-refractivity contribution is 6.01. The van der Waals surface area contributed by atoms with Gasteiger partial charge in [-0.2, -0.15) is 0 Å². The number of H-pyrrole nitrogens is 1. The summed E-state index contributed by atoms with van der Waals surface area (Å²) in [6.07, 6.45) is 3.47. The maximum atomic E-state index is 13.7. The van der Waals surface area contributed by atoms with Gasteiger partial charge >= 0.3 is 5.97 Å². The van der Waals surface area contributed by atoms with E-state index in [1.165, 1.54) is 0 Å². The smallest absolute Gasteiger partial charge is 0.340 e. The molecule has 58 heavy (non-hydrogen) atoms. The highest BCUT2D eigenvalue weighted by Crippen LogP contribution is 2.57. The van der Waals surface area contributed by atoms with Gasteiger partial charge in [0.1, 0.15) is 23.1 Å². The van der Waals surface area contributed by atoms with Gasteiger partial charge in [-0.3, -0.25) is 4.79 Å². The number of morpholine rings is 1. The molecule has 296 valence electrons. The normalized spacial score (nSPS) is 15.0. The molecule has 0 radical (unpaired) electrons. The van der Waals surface area contributed by atoms with Crippen molar-refractivity contribution in [2.45, 2.75) is 18.4 Å². The Kier molecular flexibility index (Phi) is 9.60. The van der Waals surface area contributed by atoms with Crippen LogP contribution in [0.1, 0.15) is 50.2 Å². The van der Waals surface area contributed by atoms with Crippen LogP contribution in [0.5, 0.6) is 11.5 Å². The van der Waals surface area contributed by atoms with Crippen molar-refractivity contribution in [2.75, 3.05) is 87.6 Å². The first kappa shape index (κ1) is 37.0. The first-order valence-corrected chi connectivity index (χ1v) is 19.7. The summed E-state index contributed by atoms with van der Waals surface area (Å²) in [5, 5.41) is 7.67. The van der Waals surface area contributed by atoms with Crippen LogP contribution in [0.4, 0.5) is 23.0 Å². The number of nitrogens with zero attached hydrogens (tertiary/aromatic N) is 5. The largest absolute Gasteiger partial charge is 0.456 e. The van der Waals surface area contributed by atoms with Gasteiger partial charge in [-0.25, -0.2) is 14.8 Å². The van der Waals surface area contributed by atoms with E-state index in [0.717, 1.165) is 65.4 Å². The molecule has 3 aliphatic rings. The van der Waals surface area contributed by atoms with E-state index in [4.69, 9.17) is 24.2 Å². The van der Waals surface area contributed by atoms with E-state index in [1.807, 2.05) is 98.8 Å². The molecule has 13 nitrogen and oxygen atoms in total. The molecule has 0 saturated carbocycles. The van der Waals surface area contributed by atoms with Gasteiger partial charge < -0.3 is 44.5 Å². The average Bonchev–Trinajstić information content (AvgIpc) is 3.84. The first-order valence-electron chi connectivity index (χ1n) is 19.7. The number of unbranched alkanes of at least 4 members (excludes halogenated alkanes) is 1. The summed E-state index contributed by atoms with van der Waals surface area (Å²) in [6.45, 7) is 3.99. The number of amides is 1. The van der Waals surface area contributed by atoms with Crippen LogP contribution >= 0.6 is 0 Å². The van der Waals surface area contributed by atoms with Crippen LogP contribution in [-0.2, 0) is 15.1 Å². The molecule has 4 aromatic carbocycles. The number of anilines is 4. The second-order valence-corrected chi connectivity index (χ2v) is 15.3. The van der Waals surface area contributed by atoms with E-state index in [0.29, 0.717) is 71.4 Å². The van der Waals surface area contributed by atoms with Crippen molar-refractivity contribution >= 4 is 45.8 Å². The zero-order valence-corrected chi connectivity index (χ0v) is 33.1. The molecule has 0 bridgehead atoms. The lowest BCUT2D eigenvalue weighted by Gasteiger charge is -2.37. The van der Waals surface area contributed by atoms with Crippen molar-refractivity contribution in [2.24, 2.45) is 0 Å². The van der Waals surface area contributed by atoms with Crippen molar-refractivity contribution in [3.8, 4) is 22.9 Å². The number of benzene rings is 4. The van der Waals surface area contributed by atoms with Crippen molar-refractivity contribution < 1.29 is 23.8 Å². The Labute approximate surface area is 336 Å². The standard InChI is InChI=1S/C45H46N8O5/c1-51(2)29-11-14-34-38(25-29)57-39-26-30(52(3)4)12-15-35(39)45(34)36-24-28(10-13-33(36)44(55)58-45)43(54)48-18-6-5-17-47-40-27-41(53-20-22-56-23-21-53)50-42(49-40)32-8-7-9-37-31(32)16-19-46-37/h7-16,19,24-27,46H,5-6,17-18,20-23H2,1-4H3,(H,48,54)(H,47,49,50). The first-order chi connectivity index (χ1) is 28.2. The Balaban J connectivity index is 0.907. The molecule has 3 aliphatic heterocycles. The number of esters is 1. The molecule has 1 spiro atoms. The number of hydrogen-bond acceptors (Lipinski definition) is 11. The number of carbonyl (C=O) groups is 2. The molecule has 5 heterocycles. The lowest BCUT2D eigenvalue weighted by molar-refractivity contribution is 0.0224. The molecule has 1 fully saturated rings. The number of hydrogen-bond donors (Lipinski definition) is 3. The van der Waals surface area contributed by atoms with E-state index in [1.54, 1.807) is 18.2 Å². The highest BCUT2D eigenvalue weighted by atomic mass is 16.6. The predicted octanol–water partition coefficient (Wildman–Crippen LogP) is 6.78. The molecular formula is C45H46N8O5. The third-order valence-electron chi connectivity index (χ3n) is 11.1. The van der Waals surface area contributed by atoms with Crippen LogP contribution in [-0.4, -0.2) is 94.4 Å². The molecule has 3 N–H and O–H groups in total. The van der Waals surface area contributed by atoms with Gasteiger partial charge in [-0.15, -0.1) is 0 Å². The fourth-order valence-electron chi connectivity index (χ4n) is 8.05. The lowest BCUT2D eigenvalue weighted by atomic mass is 9.77. The minimum atomic E-state index is -1.29. The van der Waals surface area contributed by atoms with E-state index < -0.39 is 11.6 Å². The van der Waals surface area contributed by atoms with Gasteiger partial charge in [-0.05, 0) is 67.4 Å². The van der Waals surface area contributed by atoms with E-state index in [2.05, 4.69) is 32.7 Å². The Morgan fingerprint density at radius 2 is 1.53 bits per heavy atom. The van der Waals surface area contributed by atoms with Gasteiger partial charge in [0, 0.05) is 129 Å². The Morgan fingerprint density at radius 3 is 2.26 bits per heavy atom. The highest BCUT2D eigenvalue weighted by Gasteiger charge is 2.54. The number of nitrogens with one attached hydrogen (secondary N) is 3. The van der Waals surface area contributed by atoms with Gasteiger partial charge in [-0.1, -0.05) is 12.1 Å². The Morgan fingerprint density at radius 1 is 0.810 bits per heavy atom. The number of rotatable bonds is 11. The zero-order valence-electron chi connectivity index (χ0n) is 33.1. The number of ether oxygens (including phenoxy) is 3. The van der Waals surface area contributed by atoms with Gasteiger partial charge in [0.25, 0.3) is 5.91 Å². The third kappa shape index (κ3) is 6.60. The van der Waals surface area contributed by atoms with Gasteiger partial charge in [0.05, 0.1) is 18.8 Å². The second-order valence-electron chi connectivity index (χ2n) is 15.3. The molecule has 0 atom stereocenters. The molecule has 2 aromatic heterocycles. The summed E-state index contributed by atoms with van der Waals surface area (Å²) in [7, 11) is 7.86. The summed E-state index contributed by atoms with van der Waals surface area (Å²) < 4.78 is 18.5. The van der Waals surface area contributed by atoms with Crippen molar-refractivity contribution in [3.63, 3.8) is 0 Å². The monoisotopic (exact) mass is 778 g/mol. The summed E-state index contributed by atoms with van der Waals surface area (Å²) in [5.41, 5.74) is 5.49.